The van der Waals surface area contributed by atoms with E-state index in [0.29, 0.717) is 10.5 Å². The standard InChI is InChI=1S/C30H44FNO9S2/c1-16-14-17(12-13-19(16)31)42-15-18-23(41-43(11,36)37)20-21(24(33)38-27(2,3)4)22(20)30(18,25(34)39-28(5,6)7)32-26(35)40-29(8,9)10/h12-14,18,20-23H,15H2,1-11H3,(H,32,35)/t18-,20+,21+,22+,23+,30+/m1/s1. The van der Waals surface area contributed by atoms with Gasteiger partial charge in [0, 0.05) is 28.4 Å². The second-order valence-electron chi connectivity index (χ2n) is 14.3. The molecule has 242 valence electrons. The Labute approximate surface area is 258 Å². The van der Waals surface area contributed by atoms with Gasteiger partial charge in [-0.05, 0) is 93.0 Å². The van der Waals surface area contributed by atoms with Gasteiger partial charge in [0.2, 0.25) is 0 Å². The van der Waals surface area contributed by atoms with Crippen molar-refractivity contribution in [2.75, 3.05) is 12.0 Å². The summed E-state index contributed by atoms with van der Waals surface area (Å²) in [4.78, 5) is 41.8. The Morgan fingerprint density at radius 2 is 1.51 bits per heavy atom. The highest BCUT2D eigenvalue weighted by Crippen LogP contribution is 2.67. The number of thioether (sulfide) groups is 1. The minimum atomic E-state index is -4.10. The Morgan fingerprint density at radius 1 is 0.953 bits per heavy atom. The third kappa shape index (κ3) is 8.63. The van der Waals surface area contributed by atoms with Gasteiger partial charge in [-0.1, -0.05) is 0 Å². The minimum Gasteiger partial charge on any atom is -0.460 e. The molecule has 13 heteroatoms. The lowest BCUT2D eigenvalue weighted by Crippen LogP contribution is -2.64. The van der Waals surface area contributed by atoms with E-state index in [1.165, 1.54) is 17.8 Å². The van der Waals surface area contributed by atoms with E-state index in [0.717, 1.165) is 6.26 Å². The lowest BCUT2D eigenvalue weighted by molar-refractivity contribution is -0.169. The topological polar surface area (TPSA) is 134 Å². The zero-order valence-electron chi connectivity index (χ0n) is 26.7. The molecular weight excluding hydrogens is 601 g/mol. The highest BCUT2D eigenvalue weighted by Gasteiger charge is 2.81. The average molecular weight is 646 g/mol. The second kappa shape index (κ2) is 11.8. The Morgan fingerprint density at radius 3 is 2.00 bits per heavy atom. The van der Waals surface area contributed by atoms with Gasteiger partial charge in [-0.3, -0.25) is 8.98 Å². The zero-order chi connectivity index (χ0) is 32.9. The highest BCUT2D eigenvalue weighted by atomic mass is 32.2. The van der Waals surface area contributed by atoms with Gasteiger partial charge in [-0.15, -0.1) is 11.8 Å². The van der Waals surface area contributed by atoms with Crippen LogP contribution < -0.4 is 5.32 Å². The van der Waals surface area contributed by atoms with E-state index in [-0.39, 0.29) is 11.6 Å². The molecule has 0 heterocycles. The SMILES string of the molecule is Cc1cc(SC[C@@H]2[C@H](OS(C)(=O)=O)[C@H]3[C@H](C(=O)OC(C)(C)C)[C@H]3[C@]2(NC(=O)OC(C)(C)C)C(=O)OC(C)(C)C)ccc1F. The molecule has 0 spiro atoms. The molecule has 1 aromatic carbocycles. The number of halogens is 1. The van der Waals surface area contributed by atoms with Crippen LogP contribution in [0.3, 0.4) is 0 Å². The number of carbonyl (C=O) groups is 3. The zero-order valence-corrected chi connectivity index (χ0v) is 28.3. The Bertz CT molecular complexity index is 1360. The maximum Gasteiger partial charge on any atom is 0.408 e. The third-order valence-electron chi connectivity index (χ3n) is 6.93. The van der Waals surface area contributed by atoms with E-state index in [1.807, 2.05) is 0 Å². The fourth-order valence-electron chi connectivity index (χ4n) is 5.58. The fourth-order valence-corrected chi connectivity index (χ4v) is 7.49. The van der Waals surface area contributed by atoms with Crippen LogP contribution in [-0.4, -0.2) is 66.9 Å². The predicted molar refractivity (Wildman–Crippen MR) is 159 cm³/mol. The van der Waals surface area contributed by atoms with Crippen molar-refractivity contribution in [1.29, 1.82) is 0 Å². The number of amides is 1. The predicted octanol–water partition coefficient (Wildman–Crippen LogP) is 5.01. The van der Waals surface area contributed by atoms with Crippen LogP contribution >= 0.6 is 11.8 Å². The lowest BCUT2D eigenvalue weighted by atomic mass is 9.80. The maximum atomic E-state index is 14.3. The summed E-state index contributed by atoms with van der Waals surface area (Å²) in [6.45, 7) is 16.6. The van der Waals surface area contributed by atoms with Crippen molar-refractivity contribution in [3.8, 4) is 0 Å². The molecule has 2 aliphatic carbocycles. The molecule has 6 atom stereocenters. The Balaban J connectivity index is 2.20. The summed E-state index contributed by atoms with van der Waals surface area (Å²) in [6.07, 6.45) is -1.26. The fraction of sp³-hybridized carbons (Fsp3) is 0.700. The molecule has 0 unspecified atom stereocenters. The summed E-state index contributed by atoms with van der Waals surface area (Å²) in [5.74, 6) is -5.54. The number of carbonyl (C=O) groups excluding carboxylic acids is 3. The van der Waals surface area contributed by atoms with Crippen molar-refractivity contribution in [2.45, 2.75) is 103 Å². The number of rotatable bonds is 8. The van der Waals surface area contributed by atoms with Crippen molar-refractivity contribution in [3.63, 3.8) is 0 Å². The number of benzene rings is 1. The average Bonchev–Trinajstić information content (AvgIpc) is 3.46. The van der Waals surface area contributed by atoms with E-state index in [9.17, 15) is 27.2 Å². The molecule has 0 saturated heterocycles. The highest BCUT2D eigenvalue weighted by molar-refractivity contribution is 7.99. The van der Waals surface area contributed by atoms with Gasteiger partial charge in [-0.2, -0.15) is 8.42 Å². The molecule has 2 fully saturated rings. The summed E-state index contributed by atoms with van der Waals surface area (Å²) in [5.41, 5.74) is -4.35. The number of alkyl carbamates (subject to hydrolysis) is 1. The number of hydrogen-bond acceptors (Lipinski definition) is 10. The first kappa shape index (κ1) is 35.1. The Hall–Kier alpha value is -2.38. The number of fused-ring (bicyclic) bond motifs is 1. The number of hydrogen-bond donors (Lipinski definition) is 1. The molecule has 0 radical (unpaired) electrons. The molecule has 2 saturated carbocycles. The monoisotopic (exact) mass is 645 g/mol. The molecule has 1 amide bonds. The van der Waals surface area contributed by atoms with Crippen molar-refractivity contribution in [3.05, 3.63) is 29.6 Å². The van der Waals surface area contributed by atoms with E-state index in [4.69, 9.17) is 18.4 Å². The van der Waals surface area contributed by atoms with Crippen molar-refractivity contribution in [2.24, 2.45) is 23.7 Å². The van der Waals surface area contributed by atoms with Gasteiger partial charge < -0.3 is 19.5 Å². The number of aryl methyl sites for hydroxylation is 1. The van der Waals surface area contributed by atoms with E-state index >= 15 is 0 Å². The first-order valence-corrected chi connectivity index (χ1v) is 16.9. The normalized spacial score (nSPS) is 27.2. The van der Waals surface area contributed by atoms with Gasteiger partial charge in [0.15, 0.2) is 5.54 Å². The molecular formula is C30H44FNO9S2. The van der Waals surface area contributed by atoms with Crippen molar-refractivity contribution in [1.82, 2.24) is 5.32 Å². The van der Waals surface area contributed by atoms with Crippen LogP contribution in [0.5, 0.6) is 0 Å². The van der Waals surface area contributed by atoms with Gasteiger partial charge in [0.25, 0.3) is 10.1 Å². The lowest BCUT2D eigenvalue weighted by Gasteiger charge is -2.41. The van der Waals surface area contributed by atoms with E-state index in [1.54, 1.807) is 81.4 Å². The molecule has 0 bridgehead atoms. The summed E-state index contributed by atoms with van der Waals surface area (Å²) >= 11 is 1.23. The van der Waals surface area contributed by atoms with E-state index in [2.05, 4.69) is 5.32 Å². The van der Waals surface area contributed by atoms with Crippen LogP contribution in [0.1, 0.15) is 67.9 Å². The van der Waals surface area contributed by atoms with Crippen LogP contribution in [0.2, 0.25) is 0 Å². The number of nitrogens with one attached hydrogen (secondary N) is 1. The van der Waals surface area contributed by atoms with Crippen LogP contribution in [0, 0.1) is 36.4 Å². The molecule has 1 N–H and O–H groups in total. The summed E-state index contributed by atoms with van der Waals surface area (Å²) < 4.78 is 61.8. The molecule has 2 aliphatic rings. The molecule has 1 aromatic rings. The largest absolute Gasteiger partial charge is 0.460 e. The first-order valence-electron chi connectivity index (χ1n) is 14.1. The maximum absolute atomic E-state index is 14.3. The van der Waals surface area contributed by atoms with Gasteiger partial charge >= 0.3 is 18.0 Å². The van der Waals surface area contributed by atoms with Gasteiger partial charge in [0.05, 0.1) is 18.3 Å². The van der Waals surface area contributed by atoms with Gasteiger partial charge in [-0.25, -0.2) is 14.0 Å². The molecule has 0 aromatic heterocycles. The summed E-state index contributed by atoms with van der Waals surface area (Å²) in [7, 11) is -4.10. The summed E-state index contributed by atoms with van der Waals surface area (Å²) in [5, 5.41) is 2.74. The van der Waals surface area contributed by atoms with Crippen molar-refractivity contribution < 1.29 is 45.6 Å². The molecule has 0 aliphatic heterocycles. The number of esters is 2. The number of ether oxygens (including phenoxy) is 3. The van der Waals surface area contributed by atoms with Crippen molar-refractivity contribution >= 4 is 39.9 Å². The molecule has 10 nitrogen and oxygen atoms in total. The van der Waals surface area contributed by atoms with Crippen LogP contribution in [0.25, 0.3) is 0 Å². The summed E-state index contributed by atoms with van der Waals surface area (Å²) in [6, 6.07) is 4.50. The smallest absolute Gasteiger partial charge is 0.408 e. The van der Waals surface area contributed by atoms with E-state index < -0.39 is 80.3 Å². The minimum absolute atomic E-state index is 0.0499. The molecule has 3 rings (SSSR count). The quantitative estimate of drug-likeness (QED) is 0.178. The van der Waals surface area contributed by atoms with Crippen LogP contribution in [0.15, 0.2) is 23.1 Å². The van der Waals surface area contributed by atoms with Crippen LogP contribution in [-0.2, 0) is 38.1 Å². The third-order valence-corrected chi connectivity index (χ3v) is 8.62. The second-order valence-corrected chi connectivity index (χ2v) is 16.9. The van der Waals surface area contributed by atoms with Gasteiger partial charge in [0.1, 0.15) is 22.6 Å². The first-order chi connectivity index (χ1) is 19.3. The van der Waals surface area contributed by atoms with Crippen LogP contribution in [0.4, 0.5) is 9.18 Å². The Kier molecular flexibility index (Phi) is 9.67. The molecule has 43 heavy (non-hydrogen) atoms.